The standard InChI is InChI=1S/C20H20N4/c1-4-6-7-15(5-2)16-8-9-19-18(12-16)20(24-23-19)14(3)22-17-10-11-21-13-17/h4-13,21-22H,1,3H2,2H3,(H,23,24)/b7-6-,15-5+. The van der Waals surface area contributed by atoms with Crippen LogP contribution in [0.1, 0.15) is 18.2 Å². The molecule has 3 N–H and O–H groups in total. The molecule has 4 nitrogen and oxygen atoms in total. The van der Waals surface area contributed by atoms with Crippen LogP contribution in [-0.2, 0) is 0 Å². The van der Waals surface area contributed by atoms with Gasteiger partial charge in [0, 0.05) is 17.8 Å². The lowest BCUT2D eigenvalue weighted by atomic mass is 10.0. The van der Waals surface area contributed by atoms with Crippen LogP contribution in [0.4, 0.5) is 5.69 Å². The minimum atomic E-state index is 0.752. The number of aromatic amines is 2. The van der Waals surface area contributed by atoms with Gasteiger partial charge >= 0.3 is 0 Å². The normalized spacial score (nSPS) is 12.0. The van der Waals surface area contributed by atoms with Crippen molar-refractivity contribution in [3.05, 3.63) is 85.4 Å². The highest BCUT2D eigenvalue weighted by molar-refractivity contribution is 5.94. The molecular formula is C20H20N4. The Morgan fingerprint density at radius 1 is 1.29 bits per heavy atom. The second-order valence-corrected chi connectivity index (χ2v) is 5.37. The summed E-state index contributed by atoms with van der Waals surface area (Å²) in [4.78, 5) is 3.01. The number of nitrogens with one attached hydrogen (secondary N) is 3. The van der Waals surface area contributed by atoms with Crippen LogP contribution in [0.25, 0.3) is 22.2 Å². The number of aromatic nitrogens is 3. The van der Waals surface area contributed by atoms with Gasteiger partial charge in [-0.3, -0.25) is 5.10 Å². The number of allylic oxidation sites excluding steroid dienone is 5. The van der Waals surface area contributed by atoms with Crippen molar-refractivity contribution >= 4 is 27.9 Å². The van der Waals surface area contributed by atoms with Gasteiger partial charge < -0.3 is 10.3 Å². The van der Waals surface area contributed by atoms with Crippen LogP contribution in [0, 0.1) is 0 Å². The zero-order valence-electron chi connectivity index (χ0n) is 13.6. The molecule has 24 heavy (non-hydrogen) atoms. The number of anilines is 1. The Bertz CT molecular complexity index is 924. The van der Waals surface area contributed by atoms with E-state index in [1.807, 2.05) is 43.6 Å². The minimum Gasteiger partial charge on any atom is -0.366 e. The number of H-pyrrole nitrogens is 2. The Kier molecular flexibility index (Phi) is 4.47. The fraction of sp³-hybridized carbons (Fsp3) is 0.0500. The Labute approximate surface area is 141 Å². The van der Waals surface area contributed by atoms with E-state index in [0.29, 0.717) is 0 Å². The molecule has 0 radical (unpaired) electrons. The number of benzene rings is 1. The largest absolute Gasteiger partial charge is 0.366 e. The molecule has 2 aromatic heterocycles. The van der Waals surface area contributed by atoms with E-state index in [-0.39, 0.29) is 0 Å². The average Bonchev–Trinajstić information content (AvgIpc) is 3.24. The van der Waals surface area contributed by atoms with Crippen molar-refractivity contribution in [1.29, 1.82) is 0 Å². The minimum absolute atomic E-state index is 0.752. The van der Waals surface area contributed by atoms with Crippen LogP contribution < -0.4 is 5.32 Å². The van der Waals surface area contributed by atoms with Crippen molar-refractivity contribution in [1.82, 2.24) is 15.2 Å². The Balaban J connectivity index is 1.98. The molecule has 2 heterocycles. The highest BCUT2D eigenvalue weighted by Crippen LogP contribution is 2.27. The molecule has 0 aliphatic carbocycles. The quantitative estimate of drug-likeness (QED) is 0.553. The maximum absolute atomic E-state index is 4.41. The van der Waals surface area contributed by atoms with E-state index in [9.17, 15) is 0 Å². The summed E-state index contributed by atoms with van der Waals surface area (Å²) in [5.74, 6) is 0. The molecule has 0 fully saturated rings. The molecule has 0 saturated carbocycles. The number of hydrogen-bond acceptors (Lipinski definition) is 2. The molecule has 1 aromatic carbocycles. The predicted molar refractivity (Wildman–Crippen MR) is 103 cm³/mol. The second-order valence-electron chi connectivity index (χ2n) is 5.37. The van der Waals surface area contributed by atoms with Gasteiger partial charge in [-0.2, -0.15) is 5.10 Å². The molecule has 0 amide bonds. The highest BCUT2D eigenvalue weighted by atomic mass is 15.1. The van der Waals surface area contributed by atoms with Crippen molar-refractivity contribution in [2.45, 2.75) is 6.92 Å². The fourth-order valence-corrected chi connectivity index (χ4v) is 2.59. The molecule has 0 saturated heterocycles. The Morgan fingerprint density at radius 2 is 2.17 bits per heavy atom. The zero-order valence-corrected chi connectivity index (χ0v) is 13.6. The van der Waals surface area contributed by atoms with E-state index in [0.717, 1.165) is 39.1 Å². The van der Waals surface area contributed by atoms with Crippen LogP contribution in [-0.4, -0.2) is 15.2 Å². The van der Waals surface area contributed by atoms with E-state index < -0.39 is 0 Å². The van der Waals surface area contributed by atoms with Gasteiger partial charge in [0.25, 0.3) is 0 Å². The summed E-state index contributed by atoms with van der Waals surface area (Å²) < 4.78 is 0. The summed E-state index contributed by atoms with van der Waals surface area (Å²) in [6.07, 6.45) is 11.6. The lowest BCUT2D eigenvalue weighted by molar-refractivity contribution is 1.10. The first kappa shape index (κ1) is 15.6. The smallest absolute Gasteiger partial charge is 0.116 e. The van der Waals surface area contributed by atoms with E-state index in [2.05, 4.69) is 51.9 Å². The zero-order chi connectivity index (χ0) is 16.9. The molecule has 0 atom stereocenters. The van der Waals surface area contributed by atoms with E-state index in [4.69, 9.17) is 0 Å². The molecule has 4 heteroatoms. The molecule has 0 aliphatic rings. The summed E-state index contributed by atoms with van der Waals surface area (Å²) in [7, 11) is 0. The van der Waals surface area contributed by atoms with Gasteiger partial charge in [0.2, 0.25) is 0 Å². The van der Waals surface area contributed by atoms with Gasteiger partial charge in [-0.05, 0) is 36.3 Å². The summed E-state index contributed by atoms with van der Waals surface area (Å²) >= 11 is 0. The lowest BCUT2D eigenvalue weighted by Crippen LogP contribution is -1.97. The predicted octanol–water partition coefficient (Wildman–Crippen LogP) is 5.12. The van der Waals surface area contributed by atoms with Crippen molar-refractivity contribution in [3.63, 3.8) is 0 Å². The molecule has 3 aromatic rings. The maximum Gasteiger partial charge on any atom is 0.116 e. The average molecular weight is 316 g/mol. The molecular weight excluding hydrogens is 296 g/mol. The number of nitrogens with zero attached hydrogens (tertiary/aromatic N) is 1. The third kappa shape index (κ3) is 3.08. The van der Waals surface area contributed by atoms with Gasteiger partial charge in [0.1, 0.15) is 5.69 Å². The van der Waals surface area contributed by atoms with Crippen LogP contribution in [0.15, 0.2) is 74.1 Å². The van der Waals surface area contributed by atoms with E-state index in [1.54, 1.807) is 6.08 Å². The first-order chi connectivity index (χ1) is 11.7. The Hall–Kier alpha value is -3.27. The van der Waals surface area contributed by atoms with Crippen molar-refractivity contribution < 1.29 is 0 Å². The number of rotatable bonds is 6. The van der Waals surface area contributed by atoms with Crippen LogP contribution in [0.5, 0.6) is 0 Å². The first-order valence-electron chi connectivity index (χ1n) is 7.76. The maximum atomic E-state index is 4.41. The van der Waals surface area contributed by atoms with Crippen molar-refractivity contribution in [3.8, 4) is 0 Å². The first-order valence-corrected chi connectivity index (χ1v) is 7.76. The lowest BCUT2D eigenvalue weighted by Gasteiger charge is -2.07. The Morgan fingerprint density at radius 3 is 2.88 bits per heavy atom. The topological polar surface area (TPSA) is 56.5 Å². The molecule has 0 bridgehead atoms. The molecule has 0 aliphatic heterocycles. The van der Waals surface area contributed by atoms with Crippen LogP contribution >= 0.6 is 0 Å². The van der Waals surface area contributed by atoms with Crippen LogP contribution in [0.3, 0.4) is 0 Å². The van der Waals surface area contributed by atoms with E-state index >= 15 is 0 Å². The number of hydrogen-bond donors (Lipinski definition) is 3. The summed E-state index contributed by atoms with van der Waals surface area (Å²) in [5.41, 5.74) is 5.76. The fourth-order valence-electron chi connectivity index (χ4n) is 2.59. The summed E-state index contributed by atoms with van der Waals surface area (Å²) in [5, 5.41) is 11.8. The SMILES string of the molecule is C=C/C=C\C(=C/C)c1ccc2[nH]nc(C(=C)Nc3cc[nH]c3)c2c1. The van der Waals surface area contributed by atoms with Gasteiger partial charge in [-0.25, -0.2) is 0 Å². The van der Waals surface area contributed by atoms with Gasteiger partial charge in [0.05, 0.1) is 16.9 Å². The van der Waals surface area contributed by atoms with Crippen LogP contribution in [0.2, 0.25) is 0 Å². The van der Waals surface area contributed by atoms with Gasteiger partial charge in [0.15, 0.2) is 0 Å². The summed E-state index contributed by atoms with van der Waals surface area (Å²) in [6.45, 7) is 9.86. The molecule has 0 unspecified atom stereocenters. The monoisotopic (exact) mass is 316 g/mol. The number of fused-ring (bicyclic) bond motifs is 1. The third-order valence-electron chi connectivity index (χ3n) is 3.80. The van der Waals surface area contributed by atoms with E-state index in [1.165, 1.54) is 0 Å². The molecule has 0 spiro atoms. The van der Waals surface area contributed by atoms with Gasteiger partial charge in [-0.15, -0.1) is 0 Å². The summed E-state index contributed by atoms with van der Waals surface area (Å²) in [6, 6.07) is 8.19. The molecule has 120 valence electrons. The van der Waals surface area contributed by atoms with Gasteiger partial charge in [-0.1, -0.05) is 43.5 Å². The second kappa shape index (κ2) is 6.87. The van der Waals surface area contributed by atoms with Crippen molar-refractivity contribution in [2.24, 2.45) is 0 Å². The third-order valence-corrected chi connectivity index (χ3v) is 3.80. The van der Waals surface area contributed by atoms with Crippen molar-refractivity contribution in [2.75, 3.05) is 5.32 Å². The highest BCUT2D eigenvalue weighted by Gasteiger charge is 2.11. The molecule has 3 rings (SSSR count).